The molecule has 2 heterocycles. The molecule has 1 atom stereocenters. The van der Waals surface area contributed by atoms with Gasteiger partial charge < -0.3 is 15.3 Å². The van der Waals surface area contributed by atoms with Gasteiger partial charge in [0.25, 0.3) is 0 Å². The summed E-state index contributed by atoms with van der Waals surface area (Å²) >= 11 is 5.90. The van der Waals surface area contributed by atoms with Gasteiger partial charge in [0.2, 0.25) is 0 Å². The number of nitrogens with zero attached hydrogens (tertiary/aromatic N) is 2. The SMILES string of the molecule is CNCC1CCCN(c2nc(Cl)ccc2C(=O)O)C1. The molecule has 1 unspecified atom stereocenters. The van der Waals surface area contributed by atoms with Gasteiger partial charge in [-0.15, -0.1) is 0 Å². The average Bonchev–Trinajstić information content (AvgIpc) is 2.39. The molecule has 2 N–H and O–H groups in total. The van der Waals surface area contributed by atoms with Crippen molar-refractivity contribution in [3.8, 4) is 0 Å². The maximum atomic E-state index is 11.3. The predicted octanol–water partition coefficient (Wildman–Crippen LogP) is 1.87. The number of nitrogens with one attached hydrogen (secondary N) is 1. The molecule has 1 saturated heterocycles. The van der Waals surface area contributed by atoms with Gasteiger partial charge in [-0.25, -0.2) is 9.78 Å². The standard InChI is InChI=1S/C13H18ClN3O2/c1-15-7-9-3-2-6-17(8-9)12-10(13(18)19)4-5-11(14)16-12/h4-5,9,15H,2-3,6-8H2,1H3,(H,18,19). The van der Waals surface area contributed by atoms with Gasteiger partial charge in [0.05, 0.1) is 0 Å². The lowest BCUT2D eigenvalue weighted by Gasteiger charge is -2.34. The normalized spacial score (nSPS) is 19.5. The van der Waals surface area contributed by atoms with E-state index in [1.807, 2.05) is 11.9 Å². The molecule has 0 radical (unpaired) electrons. The van der Waals surface area contributed by atoms with Crippen LogP contribution in [-0.2, 0) is 0 Å². The predicted molar refractivity (Wildman–Crippen MR) is 75.1 cm³/mol. The Morgan fingerprint density at radius 1 is 1.63 bits per heavy atom. The van der Waals surface area contributed by atoms with Gasteiger partial charge in [0.15, 0.2) is 0 Å². The van der Waals surface area contributed by atoms with E-state index in [0.29, 0.717) is 16.9 Å². The molecule has 5 nitrogen and oxygen atoms in total. The van der Waals surface area contributed by atoms with Gasteiger partial charge in [-0.2, -0.15) is 0 Å². The first-order chi connectivity index (χ1) is 9.11. The van der Waals surface area contributed by atoms with Crippen LogP contribution in [0.1, 0.15) is 23.2 Å². The second-order valence-corrected chi connectivity index (χ2v) is 5.21. The smallest absolute Gasteiger partial charge is 0.339 e. The first-order valence-corrected chi connectivity index (χ1v) is 6.79. The van der Waals surface area contributed by atoms with E-state index in [1.54, 1.807) is 0 Å². The van der Waals surface area contributed by atoms with Gasteiger partial charge in [-0.1, -0.05) is 11.6 Å². The van der Waals surface area contributed by atoms with Crippen molar-refractivity contribution in [1.82, 2.24) is 10.3 Å². The van der Waals surface area contributed by atoms with E-state index in [2.05, 4.69) is 10.3 Å². The highest BCUT2D eigenvalue weighted by Crippen LogP contribution is 2.26. The molecule has 0 spiro atoms. The number of carboxylic acids is 1. The van der Waals surface area contributed by atoms with Gasteiger partial charge in [0.1, 0.15) is 16.5 Å². The van der Waals surface area contributed by atoms with Gasteiger partial charge >= 0.3 is 5.97 Å². The summed E-state index contributed by atoms with van der Waals surface area (Å²) in [5.74, 6) is 0.0388. The van der Waals surface area contributed by atoms with Crippen molar-refractivity contribution in [1.29, 1.82) is 0 Å². The topological polar surface area (TPSA) is 65.5 Å². The zero-order valence-corrected chi connectivity index (χ0v) is 11.7. The van der Waals surface area contributed by atoms with Crippen molar-refractivity contribution in [3.63, 3.8) is 0 Å². The zero-order valence-electron chi connectivity index (χ0n) is 10.9. The third-order valence-electron chi connectivity index (χ3n) is 3.38. The molecule has 1 aromatic heterocycles. The lowest BCUT2D eigenvalue weighted by atomic mass is 9.97. The Bertz CT molecular complexity index is 465. The van der Waals surface area contributed by atoms with E-state index in [0.717, 1.165) is 32.5 Å². The number of anilines is 1. The minimum absolute atomic E-state index is 0.217. The van der Waals surface area contributed by atoms with E-state index >= 15 is 0 Å². The summed E-state index contributed by atoms with van der Waals surface area (Å²) in [6, 6.07) is 3.04. The van der Waals surface area contributed by atoms with Crippen LogP contribution >= 0.6 is 11.6 Å². The van der Waals surface area contributed by atoms with Crippen LogP contribution in [0.3, 0.4) is 0 Å². The Balaban J connectivity index is 2.24. The summed E-state index contributed by atoms with van der Waals surface area (Å²) in [6.07, 6.45) is 2.19. The molecule has 0 aromatic carbocycles. The monoisotopic (exact) mass is 283 g/mol. The highest BCUT2D eigenvalue weighted by molar-refractivity contribution is 6.29. The molecule has 0 bridgehead atoms. The van der Waals surface area contributed by atoms with Crippen molar-refractivity contribution in [2.45, 2.75) is 12.8 Å². The second kappa shape index (κ2) is 6.21. The quantitative estimate of drug-likeness (QED) is 0.826. The highest BCUT2D eigenvalue weighted by atomic mass is 35.5. The number of aromatic nitrogens is 1. The summed E-state index contributed by atoms with van der Waals surface area (Å²) in [4.78, 5) is 17.5. The number of hydrogen-bond donors (Lipinski definition) is 2. The van der Waals surface area contributed by atoms with Crippen molar-refractivity contribution in [3.05, 3.63) is 22.8 Å². The molecule has 2 rings (SSSR count). The summed E-state index contributed by atoms with van der Waals surface area (Å²) in [6.45, 7) is 2.57. The Morgan fingerprint density at radius 2 is 2.42 bits per heavy atom. The molecule has 0 saturated carbocycles. The van der Waals surface area contributed by atoms with Crippen LogP contribution in [0, 0.1) is 5.92 Å². The molecular weight excluding hydrogens is 266 g/mol. The Hall–Kier alpha value is -1.33. The maximum absolute atomic E-state index is 11.3. The third-order valence-corrected chi connectivity index (χ3v) is 3.59. The largest absolute Gasteiger partial charge is 0.478 e. The van der Waals surface area contributed by atoms with E-state index < -0.39 is 5.97 Å². The summed E-state index contributed by atoms with van der Waals surface area (Å²) in [7, 11) is 1.93. The number of carbonyl (C=O) groups is 1. The zero-order chi connectivity index (χ0) is 13.8. The molecule has 1 fully saturated rings. The molecule has 1 aliphatic heterocycles. The van der Waals surface area contributed by atoms with Crippen LogP contribution in [0.4, 0.5) is 5.82 Å². The molecular formula is C13H18ClN3O2. The maximum Gasteiger partial charge on any atom is 0.339 e. The Kier molecular flexibility index (Phi) is 4.61. The van der Waals surface area contributed by atoms with Crippen molar-refractivity contribution < 1.29 is 9.90 Å². The van der Waals surface area contributed by atoms with E-state index in [-0.39, 0.29) is 5.56 Å². The summed E-state index contributed by atoms with van der Waals surface area (Å²) in [5.41, 5.74) is 0.217. The number of piperidine rings is 1. The van der Waals surface area contributed by atoms with Gasteiger partial charge in [-0.3, -0.25) is 0 Å². The van der Waals surface area contributed by atoms with Gasteiger partial charge in [-0.05, 0) is 44.5 Å². The van der Waals surface area contributed by atoms with Crippen LogP contribution in [0.5, 0.6) is 0 Å². The Labute approximate surface area is 117 Å². The molecule has 6 heteroatoms. The lowest BCUT2D eigenvalue weighted by Crippen LogP contribution is -2.40. The van der Waals surface area contributed by atoms with E-state index in [4.69, 9.17) is 11.6 Å². The lowest BCUT2D eigenvalue weighted by molar-refractivity contribution is 0.0697. The van der Waals surface area contributed by atoms with Crippen molar-refractivity contribution in [2.75, 3.05) is 31.6 Å². The fourth-order valence-corrected chi connectivity index (χ4v) is 2.69. The highest BCUT2D eigenvalue weighted by Gasteiger charge is 2.24. The van der Waals surface area contributed by atoms with Crippen LogP contribution < -0.4 is 10.2 Å². The van der Waals surface area contributed by atoms with Crippen molar-refractivity contribution in [2.24, 2.45) is 5.92 Å². The third kappa shape index (κ3) is 3.36. The Morgan fingerprint density at radius 3 is 3.11 bits per heavy atom. The van der Waals surface area contributed by atoms with Crippen LogP contribution in [0.25, 0.3) is 0 Å². The molecule has 0 amide bonds. The average molecular weight is 284 g/mol. The summed E-state index contributed by atoms with van der Waals surface area (Å²) < 4.78 is 0. The first-order valence-electron chi connectivity index (χ1n) is 6.41. The minimum Gasteiger partial charge on any atom is -0.478 e. The molecule has 104 valence electrons. The number of aromatic carboxylic acids is 1. The molecule has 19 heavy (non-hydrogen) atoms. The van der Waals surface area contributed by atoms with Crippen LogP contribution in [0.2, 0.25) is 5.15 Å². The van der Waals surface area contributed by atoms with Crippen molar-refractivity contribution >= 4 is 23.4 Å². The van der Waals surface area contributed by atoms with Crippen LogP contribution in [-0.4, -0.2) is 42.7 Å². The van der Waals surface area contributed by atoms with Gasteiger partial charge in [0, 0.05) is 13.1 Å². The number of hydrogen-bond acceptors (Lipinski definition) is 4. The van der Waals surface area contributed by atoms with Crippen LogP contribution in [0.15, 0.2) is 12.1 Å². The van der Waals surface area contributed by atoms with E-state index in [1.165, 1.54) is 12.1 Å². The second-order valence-electron chi connectivity index (χ2n) is 4.82. The minimum atomic E-state index is -0.963. The number of halogens is 1. The number of rotatable bonds is 4. The number of carboxylic acid groups (broad SMARTS) is 1. The molecule has 0 aliphatic carbocycles. The first kappa shape index (κ1) is 14.1. The molecule has 1 aromatic rings. The fraction of sp³-hybridized carbons (Fsp3) is 0.538. The summed E-state index contributed by atoms with van der Waals surface area (Å²) in [5, 5.41) is 12.7. The molecule has 1 aliphatic rings. The van der Waals surface area contributed by atoms with E-state index in [9.17, 15) is 9.90 Å². The fourth-order valence-electron chi connectivity index (χ4n) is 2.55. The number of pyridine rings is 1.